The Kier molecular flexibility index (Phi) is 4.90. The van der Waals surface area contributed by atoms with Gasteiger partial charge in [0.2, 0.25) is 0 Å². The third-order valence-corrected chi connectivity index (χ3v) is 5.50. The van der Waals surface area contributed by atoms with Crippen LogP contribution in [0.4, 0.5) is 16.2 Å². The van der Waals surface area contributed by atoms with Crippen LogP contribution in [0.25, 0.3) is 0 Å². The fourth-order valence-corrected chi connectivity index (χ4v) is 4.02. The molecule has 0 radical (unpaired) electrons. The predicted octanol–water partition coefficient (Wildman–Crippen LogP) is 4.19. The summed E-state index contributed by atoms with van der Waals surface area (Å²) >= 11 is 3.30. The third kappa shape index (κ3) is 3.95. The summed E-state index contributed by atoms with van der Waals surface area (Å²) in [6, 6.07) is 5.18. The molecule has 0 atom stereocenters. The SMILES string of the molecule is CC(C)(C)OC(=O)N1CC2(CCN(c3ccc(Br)cc3[N+](=O)[O-])CC2)C1. The third-order valence-electron chi connectivity index (χ3n) is 5.00. The maximum atomic E-state index is 12.1. The fraction of sp³-hybridized carbons (Fsp3) is 0.611. The van der Waals surface area contributed by atoms with Gasteiger partial charge in [0.1, 0.15) is 11.3 Å². The second-order valence-electron chi connectivity index (χ2n) is 8.21. The normalized spacial score (nSPS) is 19.2. The molecule has 3 rings (SSSR count). The summed E-state index contributed by atoms with van der Waals surface area (Å²) in [7, 11) is 0. The molecule has 2 aliphatic rings. The lowest BCUT2D eigenvalue weighted by Crippen LogP contribution is -2.62. The second kappa shape index (κ2) is 6.72. The average molecular weight is 426 g/mol. The van der Waals surface area contributed by atoms with Crippen molar-refractivity contribution in [2.45, 2.75) is 39.2 Å². The molecule has 1 aromatic rings. The van der Waals surface area contributed by atoms with Crippen LogP contribution in [-0.2, 0) is 4.74 Å². The van der Waals surface area contributed by atoms with Crippen molar-refractivity contribution in [1.82, 2.24) is 4.90 Å². The van der Waals surface area contributed by atoms with Gasteiger partial charge in [0, 0.05) is 42.1 Å². The van der Waals surface area contributed by atoms with E-state index in [1.807, 2.05) is 26.8 Å². The maximum absolute atomic E-state index is 12.1. The van der Waals surface area contributed by atoms with Crippen LogP contribution in [0.2, 0.25) is 0 Å². The molecule has 142 valence electrons. The lowest BCUT2D eigenvalue weighted by atomic mass is 9.72. The highest BCUT2D eigenvalue weighted by molar-refractivity contribution is 9.10. The number of nitrogens with zero attached hydrogens (tertiary/aromatic N) is 3. The van der Waals surface area contributed by atoms with E-state index in [2.05, 4.69) is 20.8 Å². The highest BCUT2D eigenvalue weighted by atomic mass is 79.9. The van der Waals surface area contributed by atoms with Crippen molar-refractivity contribution in [3.05, 3.63) is 32.8 Å². The first-order valence-corrected chi connectivity index (χ1v) is 9.55. The Morgan fingerprint density at radius 1 is 1.27 bits per heavy atom. The number of piperidine rings is 1. The van der Waals surface area contributed by atoms with Crippen LogP contribution in [0.1, 0.15) is 33.6 Å². The molecule has 8 heteroatoms. The quantitative estimate of drug-likeness (QED) is 0.524. The van der Waals surface area contributed by atoms with Gasteiger partial charge in [0.25, 0.3) is 5.69 Å². The maximum Gasteiger partial charge on any atom is 0.410 e. The Bertz CT molecular complexity index is 716. The van der Waals surface area contributed by atoms with Crippen molar-refractivity contribution in [3.8, 4) is 0 Å². The van der Waals surface area contributed by atoms with Gasteiger partial charge in [-0.3, -0.25) is 10.1 Å². The number of carbonyl (C=O) groups excluding carboxylic acids is 1. The van der Waals surface area contributed by atoms with E-state index in [1.165, 1.54) is 0 Å². The van der Waals surface area contributed by atoms with Gasteiger partial charge in [-0.2, -0.15) is 0 Å². The molecule has 0 bridgehead atoms. The van der Waals surface area contributed by atoms with Crippen molar-refractivity contribution in [2.24, 2.45) is 5.41 Å². The van der Waals surface area contributed by atoms with Gasteiger partial charge in [-0.25, -0.2) is 4.79 Å². The monoisotopic (exact) mass is 425 g/mol. The number of nitro benzene ring substituents is 1. The number of rotatable bonds is 2. The Morgan fingerprint density at radius 2 is 1.88 bits per heavy atom. The van der Waals surface area contributed by atoms with Gasteiger partial charge >= 0.3 is 6.09 Å². The van der Waals surface area contributed by atoms with Gasteiger partial charge in [-0.05, 0) is 45.7 Å². The Balaban J connectivity index is 1.60. The molecule has 0 aliphatic carbocycles. The number of hydrogen-bond acceptors (Lipinski definition) is 5. The number of amides is 1. The minimum absolute atomic E-state index is 0.123. The minimum Gasteiger partial charge on any atom is -0.444 e. The highest BCUT2D eigenvalue weighted by Crippen LogP contribution is 2.43. The number of nitro groups is 1. The molecule has 1 amide bonds. The lowest BCUT2D eigenvalue weighted by Gasteiger charge is -2.53. The summed E-state index contributed by atoms with van der Waals surface area (Å²) < 4.78 is 6.12. The number of anilines is 1. The predicted molar refractivity (Wildman–Crippen MR) is 102 cm³/mol. The Morgan fingerprint density at radius 3 is 2.42 bits per heavy atom. The molecule has 0 N–H and O–H groups in total. The fourth-order valence-electron chi connectivity index (χ4n) is 3.67. The molecule has 2 heterocycles. The Labute approximate surface area is 161 Å². The van der Waals surface area contributed by atoms with Crippen molar-refractivity contribution >= 4 is 33.4 Å². The number of carbonyl (C=O) groups is 1. The number of benzene rings is 1. The molecule has 0 saturated carbocycles. The zero-order chi connectivity index (χ0) is 19.1. The standard InChI is InChI=1S/C18H24BrN3O4/c1-17(2,3)26-16(23)21-11-18(12-21)6-8-20(9-7-18)14-5-4-13(19)10-15(14)22(24)25/h4-5,10H,6-9,11-12H2,1-3H3. The van der Waals surface area contributed by atoms with Crippen LogP contribution < -0.4 is 4.90 Å². The summed E-state index contributed by atoms with van der Waals surface area (Å²) in [5, 5.41) is 11.3. The molecule has 0 unspecified atom stereocenters. The average Bonchev–Trinajstić information content (AvgIpc) is 2.51. The summed E-state index contributed by atoms with van der Waals surface area (Å²) in [6.07, 6.45) is 1.58. The van der Waals surface area contributed by atoms with E-state index in [-0.39, 0.29) is 22.1 Å². The van der Waals surface area contributed by atoms with E-state index in [0.717, 1.165) is 25.9 Å². The van der Waals surface area contributed by atoms with Crippen LogP contribution in [-0.4, -0.2) is 47.7 Å². The van der Waals surface area contributed by atoms with Crippen LogP contribution in [0.15, 0.2) is 22.7 Å². The molecule has 2 saturated heterocycles. The number of hydrogen-bond donors (Lipinski definition) is 0. The zero-order valence-electron chi connectivity index (χ0n) is 15.3. The van der Waals surface area contributed by atoms with Crippen molar-refractivity contribution in [1.29, 1.82) is 0 Å². The van der Waals surface area contributed by atoms with E-state index in [0.29, 0.717) is 23.2 Å². The second-order valence-corrected chi connectivity index (χ2v) is 9.13. The van der Waals surface area contributed by atoms with Crippen LogP contribution in [0.3, 0.4) is 0 Å². The summed E-state index contributed by atoms with van der Waals surface area (Å²) in [5.74, 6) is 0. The van der Waals surface area contributed by atoms with Crippen LogP contribution in [0.5, 0.6) is 0 Å². The van der Waals surface area contributed by atoms with Crippen molar-refractivity contribution in [3.63, 3.8) is 0 Å². The minimum atomic E-state index is -0.482. The summed E-state index contributed by atoms with van der Waals surface area (Å²) in [6.45, 7) is 8.52. The zero-order valence-corrected chi connectivity index (χ0v) is 16.9. The van der Waals surface area contributed by atoms with Crippen LogP contribution >= 0.6 is 15.9 Å². The van der Waals surface area contributed by atoms with Crippen LogP contribution in [0, 0.1) is 15.5 Å². The first kappa shape index (κ1) is 18.9. The van der Waals surface area contributed by atoms with E-state index < -0.39 is 5.60 Å². The largest absolute Gasteiger partial charge is 0.444 e. The molecule has 26 heavy (non-hydrogen) atoms. The molecule has 2 aliphatic heterocycles. The molecular formula is C18H24BrN3O4. The van der Waals surface area contributed by atoms with Crippen molar-refractivity contribution in [2.75, 3.05) is 31.1 Å². The first-order chi connectivity index (χ1) is 12.1. The first-order valence-electron chi connectivity index (χ1n) is 8.75. The smallest absolute Gasteiger partial charge is 0.410 e. The highest BCUT2D eigenvalue weighted by Gasteiger charge is 2.48. The molecule has 0 aromatic heterocycles. The molecule has 2 fully saturated rings. The number of likely N-dealkylation sites (tertiary alicyclic amines) is 1. The summed E-state index contributed by atoms with van der Waals surface area (Å²) in [4.78, 5) is 27.0. The van der Waals surface area contributed by atoms with Gasteiger partial charge in [0.05, 0.1) is 4.92 Å². The van der Waals surface area contributed by atoms with Crippen molar-refractivity contribution < 1.29 is 14.5 Å². The van der Waals surface area contributed by atoms with E-state index in [9.17, 15) is 14.9 Å². The topological polar surface area (TPSA) is 75.9 Å². The Hall–Kier alpha value is -1.83. The molecule has 1 aromatic carbocycles. The molecule has 7 nitrogen and oxygen atoms in total. The van der Waals surface area contributed by atoms with Gasteiger partial charge < -0.3 is 14.5 Å². The van der Waals surface area contributed by atoms with Gasteiger partial charge in [0.15, 0.2) is 0 Å². The van der Waals surface area contributed by atoms with E-state index in [4.69, 9.17) is 4.74 Å². The van der Waals surface area contributed by atoms with Gasteiger partial charge in [-0.15, -0.1) is 0 Å². The molecule has 1 spiro atoms. The van der Waals surface area contributed by atoms with E-state index >= 15 is 0 Å². The number of ether oxygens (including phenoxy) is 1. The lowest BCUT2D eigenvalue weighted by molar-refractivity contribution is -0.384. The summed E-state index contributed by atoms with van der Waals surface area (Å²) in [5.41, 5.74) is 0.428. The number of halogens is 1. The van der Waals surface area contributed by atoms with Gasteiger partial charge in [-0.1, -0.05) is 15.9 Å². The molecular weight excluding hydrogens is 402 g/mol. The van der Waals surface area contributed by atoms with E-state index in [1.54, 1.807) is 17.0 Å².